The van der Waals surface area contributed by atoms with Crippen molar-refractivity contribution in [2.24, 2.45) is 0 Å². The number of aryl methyl sites for hydroxylation is 1. The maximum Gasteiger partial charge on any atom is 0.354 e. The molecular weight excluding hydrogens is 182 g/mol. The van der Waals surface area contributed by atoms with Gasteiger partial charge >= 0.3 is 5.97 Å². The highest BCUT2D eigenvalue weighted by atomic mass is 16.4. The summed E-state index contributed by atoms with van der Waals surface area (Å²) in [6.07, 6.45) is 0. The lowest BCUT2D eigenvalue weighted by Crippen LogP contribution is -2.15. The van der Waals surface area contributed by atoms with Gasteiger partial charge in [0.1, 0.15) is 0 Å². The number of hydrogen-bond donors (Lipinski definition) is 2. The van der Waals surface area contributed by atoms with E-state index in [1.807, 2.05) is 13.8 Å². The summed E-state index contributed by atoms with van der Waals surface area (Å²) in [5.74, 6) is -0.681. The first-order valence-electron chi connectivity index (χ1n) is 4.34. The smallest absolute Gasteiger partial charge is 0.354 e. The predicted molar refractivity (Wildman–Crippen MR) is 52.5 cm³/mol. The number of aromatic nitrogens is 2. The van der Waals surface area contributed by atoms with Crippen molar-refractivity contribution in [2.45, 2.75) is 26.8 Å². The van der Waals surface area contributed by atoms with E-state index in [9.17, 15) is 4.79 Å². The zero-order valence-electron chi connectivity index (χ0n) is 8.40. The van der Waals surface area contributed by atoms with Crippen LogP contribution in [-0.4, -0.2) is 27.1 Å². The average Bonchev–Trinajstić information content (AvgIpc) is 2.01. The number of aromatic carboxylic acids is 1. The van der Waals surface area contributed by atoms with Crippen LogP contribution in [0.15, 0.2) is 6.07 Å². The molecule has 0 unspecified atom stereocenters. The molecule has 0 amide bonds. The van der Waals surface area contributed by atoms with Crippen molar-refractivity contribution >= 4 is 11.9 Å². The number of carbonyl (C=O) groups is 1. The molecule has 1 rings (SSSR count). The summed E-state index contributed by atoms with van der Waals surface area (Å²) in [7, 11) is 0. The van der Waals surface area contributed by atoms with Crippen LogP contribution in [0.1, 0.15) is 30.0 Å². The largest absolute Gasteiger partial charge is 0.477 e. The van der Waals surface area contributed by atoms with Crippen molar-refractivity contribution < 1.29 is 9.90 Å². The Labute approximate surface area is 82.2 Å². The Hall–Kier alpha value is -1.65. The lowest BCUT2D eigenvalue weighted by Gasteiger charge is -2.08. The molecular formula is C9H13N3O2. The summed E-state index contributed by atoms with van der Waals surface area (Å²) in [6, 6.07) is 1.62. The number of nitrogens with one attached hydrogen (secondary N) is 1. The van der Waals surface area contributed by atoms with Crippen molar-refractivity contribution in [2.75, 3.05) is 5.32 Å². The van der Waals surface area contributed by atoms with E-state index in [0.29, 0.717) is 11.6 Å². The van der Waals surface area contributed by atoms with Crippen LogP contribution >= 0.6 is 0 Å². The summed E-state index contributed by atoms with van der Waals surface area (Å²) in [4.78, 5) is 18.6. The minimum absolute atomic E-state index is 0.0145. The number of carboxylic acids is 1. The van der Waals surface area contributed by atoms with Crippen LogP contribution in [0.2, 0.25) is 0 Å². The van der Waals surface area contributed by atoms with Crippen LogP contribution in [-0.2, 0) is 0 Å². The van der Waals surface area contributed by atoms with Gasteiger partial charge in [0.25, 0.3) is 0 Å². The number of nitrogens with zero attached hydrogens (tertiary/aromatic N) is 2. The first kappa shape index (κ1) is 10.4. The highest BCUT2D eigenvalue weighted by molar-refractivity contribution is 5.85. The van der Waals surface area contributed by atoms with Gasteiger partial charge in [-0.3, -0.25) is 0 Å². The molecule has 14 heavy (non-hydrogen) atoms. The zero-order chi connectivity index (χ0) is 10.7. The number of anilines is 1. The van der Waals surface area contributed by atoms with Gasteiger partial charge in [0, 0.05) is 11.7 Å². The van der Waals surface area contributed by atoms with Gasteiger partial charge in [-0.25, -0.2) is 14.8 Å². The Morgan fingerprint density at radius 2 is 2.14 bits per heavy atom. The van der Waals surface area contributed by atoms with E-state index in [-0.39, 0.29) is 11.7 Å². The van der Waals surface area contributed by atoms with Gasteiger partial charge in [-0.2, -0.15) is 0 Å². The predicted octanol–water partition coefficient (Wildman–Crippen LogP) is 1.30. The molecule has 5 heteroatoms. The Kier molecular flexibility index (Phi) is 3.01. The van der Waals surface area contributed by atoms with Crippen molar-refractivity contribution in [3.05, 3.63) is 17.5 Å². The standard InChI is InChI=1S/C9H13N3O2/c1-5(2)10-9-11-6(3)4-7(12-9)8(13)14/h4-5H,1-3H3,(H,13,14)(H,10,11,12). The van der Waals surface area contributed by atoms with Gasteiger partial charge < -0.3 is 10.4 Å². The van der Waals surface area contributed by atoms with E-state index in [1.54, 1.807) is 6.92 Å². The van der Waals surface area contributed by atoms with Crippen LogP contribution in [0.3, 0.4) is 0 Å². The SMILES string of the molecule is Cc1cc(C(=O)O)nc(NC(C)C)n1. The molecule has 0 saturated carbocycles. The molecule has 2 N–H and O–H groups in total. The third kappa shape index (κ3) is 2.69. The first-order valence-corrected chi connectivity index (χ1v) is 4.34. The molecule has 0 aliphatic rings. The van der Waals surface area contributed by atoms with Crippen LogP contribution in [0, 0.1) is 6.92 Å². The van der Waals surface area contributed by atoms with Gasteiger partial charge in [0.05, 0.1) is 0 Å². The third-order valence-electron chi connectivity index (χ3n) is 1.49. The monoisotopic (exact) mass is 195 g/mol. The van der Waals surface area contributed by atoms with Gasteiger partial charge in [-0.1, -0.05) is 0 Å². The van der Waals surface area contributed by atoms with Crippen molar-refractivity contribution in [3.8, 4) is 0 Å². The average molecular weight is 195 g/mol. The molecule has 1 aromatic rings. The Morgan fingerprint density at radius 1 is 1.50 bits per heavy atom. The molecule has 5 nitrogen and oxygen atoms in total. The van der Waals surface area contributed by atoms with Crippen LogP contribution < -0.4 is 5.32 Å². The van der Waals surface area contributed by atoms with E-state index in [1.165, 1.54) is 6.07 Å². The highest BCUT2D eigenvalue weighted by Gasteiger charge is 2.08. The lowest BCUT2D eigenvalue weighted by atomic mass is 10.3. The Balaban J connectivity index is 3.01. The normalized spacial score (nSPS) is 10.3. The second kappa shape index (κ2) is 4.04. The van der Waals surface area contributed by atoms with Crippen LogP contribution in [0.4, 0.5) is 5.95 Å². The fourth-order valence-electron chi connectivity index (χ4n) is 1.00. The maximum atomic E-state index is 10.7. The fraction of sp³-hybridized carbons (Fsp3) is 0.444. The zero-order valence-corrected chi connectivity index (χ0v) is 8.40. The molecule has 0 saturated heterocycles. The molecule has 0 aliphatic heterocycles. The molecule has 1 aromatic heterocycles. The van der Waals surface area contributed by atoms with Crippen molar-refractivity contribution in [3.63, 3.8) is 0 Å². The molecule has 0 atom stereocenters. The van der Waals surface area contributed by atoms with Gasteiger partial charge in [-0.05, 0) is 26.8 Å². The highest BCUT2D eigenvalue weighted by Crippen LogP contribution is 2.05. The van der Waals surface area contributed by atoms with E-state index in [4.69, 9.17) is 5.11 Å². The summed E-state index contributed by atoms with van der Waals surface area (Å²) < 4.78 is 0. The maximum absolute atomic E-state index is 10.7. The summed E-state index contributed by atoms with van der Waals surface area (Å²) in [5, 5.41) is 11.7. The Bertz CT molecular complexity index is 350. The molecule has 0 bridgehead atoms. The van der Waals surface area contributed by atoms with Gasteiger partial charge in [0.15, 0.2) is 5.69 Å². The summed E-state index contributed by atoms with van der Waals surface area (Å²) in [5.41, 5.74) is 0.654. The molecule has 0 fully saturated rings. The quantitative estimate of drug-likeness (QED) is 0.760. The van der Waals surface area contributed by atoms with Crippen LogP contribution in [0.5, 0.6) is 0 Å². The minimum Gasteiger partial charge on any atom is -0.477 e. The molecule has 0 aromatic carbocycles. The first-order chi connectivity index (χ1) is 6.49. The Morgan fingerprint density at radius 3 is 2.64 bits per heavy atom. The van der Waals surface area contributed by atoms with Crippen molar-refractivity contribution in [1.82, 2.24) is 9.97 Å². The summed E-state index contributed by atoms with van der Waals surface area (Å²) >= 11 is 0. The molecule has 1 heterocycles. The molecule has 0 spiro atoms. The number of carboxylic acid groups (broad SMARTS) is 1. The minimum atomic E-state index is -1.04. The second-order valence-electron chi connectivity index (χ2n) is 3.32. The lowest BCUT2D eigenvalue weighted by molar-refractivity contribution is 0.0690. The van der Waals surface area contributed by atoms with Gasteiger partial charge in [0.2, 0.25) is 5.95 Å². The molecule has 76 valence electrons. The van der Waals surface area contributed by atoms with E-state index < -0.39 is 5.97 Å². The van der Waals surface area contributed by atoms with Crippen molar-refractivity contribution in [1.29, 1.82) is 0 Å². The molecule has 0 radical (unpaired) electrons. The molecule has 0 aliphatic carbocycles. The van der Waals surface area contributed by atoms with E-state index in [0.717, 1.165) is 0 Å². The number of hydrogen-bond acceptors (Lipinski definition) is 4. The topological polar surface area (TPSA) is 75.1 Å². The second-order valence-corrected chi connectivity index (χ2v) is 3.32. The fourth-order valence-corrected chi connectivity index (χ4v) is 1.00. The van der Waals surface area contributed by atoms with E-state index in [2.05, 4.69) is 15.3 Å². The van der Waals surface area contributed by atoms with Gasteiger partial charge in [-0.15, -0.1) is 0 Å². The summed E-state index contributed by atoms with van der Waals surface area (Å²) in [6.45, 7) is 5.61. The van der Waals surface area contributed by atoms with Crippen LogP contribution in [0.25, 0.3) is 0 Å². The number of rotatable bonds is 3. The third-order valence-corrected chi connectivity index (χ3v) is 1.49. The van der Waals surface area contributed by atoms with E-state index >= 15 is 0 Å².